The van der Waals surface area contributed by atoms with Gasteiger partial charge in [-0.3, -0.25) is 9.59 Å². The van der Waals surface area contributed by atoms with E-state index in [0.717, 1.165) is 35.1 Å². The molecule has 3 heteroatoms. The van der Waals surface area contributed by atoms with E-state index in [1.54, 1.807) is 0 Å². The maximum atomic E-state index is 13.6. The van der Waals surface area contributed by atoms with Gasteiger partial charge in [0, 0.05) is 1.43 Å². The van der Waals surface area contributed by atoms with Gasteiger partial charge in [-0.05, 0) is 71.7 Å². The Labute approximate surface area is 238 Å². The summed E-state index contributed by atoms with van der Waals surface area (Å²) in [6.07, 6.45) is 2.48. The van der Waals surface area contributed by atoms with Gasteiger partial charge >= 0.3 is 0 Å². The van der Waals surface area contributed by atoms with Crippen molar-refractivity contribution in [2.75, 3.05) is 6.54 Å². The third-order valence-corrected chi connectivity index (χ3v) is 7.71. The standard InChI is InChI=1S/C26H25NO2.C11H10.H2/c1-19(28)18-27-25(29)26(17-9-12-20-10-3-2-4-11-20)23-15-7-5-13-21(23)22-14-6-8-16-24(22)26;1-9-6-7-10-4-2-3-5-11(10)8-9;/h2-8,10-11,13-16H,9,12,17-18H2,1H3,(H,27,29);2-8H,1H3;1H. The van der Waals surface area contributed by atoms with Crippen LogP contribution in [0.1, 0.15) is 43.4 Å². The van der Waals surface area contributed by atoms with Gasteiger partial charge in [-0.1, -0.05) is 127 Å². The molecule has 5 aromatic rings. The minimum absolute atomic E-state index is 0. The Hall–Kier alpha value is -4.50. The van der Waals surface area contributed by atoms with Crippen molar-refractivity contribution < 1.29 is 11.0 Å². The molecule has 1 amide bonds. The van der Waals surface area contributed by atoms with E-state index in [2.05, 4.69) is 91.1 Å². The summed E-state index contributed by atoms with van der Waals surface area (Å²) in [4.78, 5) is 25.1. The molecular weight excluding hydrogens is 490 g/mol. The van der Waals surface area contributed by atoms with Crippen LogP contribution >= 0.6 is 0 Å². The second kappa shape index (κ2) is 12.1. The van der Waals surface area contributed by atoms with Crippen LogP contribution in [-0.4, -0.2) is 18.2 Å². The minimum atomic E-state index is -0.766. The van der Waals surface area contributed by atoms with Crippen molar-refractivity contribution in [2.24, 2.45) is 0 Å². The van der Waals surface area contributed by atoms with E-state index in [-0.39, 0.29) is 19.7 Å². The van der Waals surface area contributed by atoms with E-state index >= 15 is 0 Å². The number of hydrogen-bond acceptors (Lipinski definition) is 2. The Morgan fingerprint density at radius 3 is 1.93 bits per heavy atom. The monoisotopic (exact) mass is 527 g/mol. The second-order valence-corrected chi connectivity index (χ2v) is 10.6. The largest absolute Gasteiger partial charge is 0.348 e. The SMILES string of the molecule is CC(=O)CNC(=O)C1(CCCc2ccccc2)c2ccccc2-c2ccccc21.Cc1ccc2ccccc2c1.[HH]. The van der Waals surface area contributed by atoms with Crippen LogP contribution in [0.5, 0.6) is 0 Å². The van der Waals surface area contributed by atoms with Gasteiger partial charge in [0.25, 0.3) is 0 Å². The zero-order valence-electron chi connectivity index (χ0n) is 23.2. The highest BCUT2D eigenvalue weighted by molar-refractivity contribution is 6.01. The highest BCUT2D eigenvalue weighted by Gasteiger charge is 2.48. The number of carbonyl (C=O) groups excluding carboxylic acids is 2. The van der Waals surface area contributed by atoms with Crippen LogP contribution in [-0.2, 0) is 21.4 Å². The smallest absolute Gasteiger partial charge is 0.235 e. The molecule has 1 N–H and O–H groups in total. The topological polar surface area (TPSA) is 46.2 Å². The first-order chi connectivity index (χ1) is 19.5. The Balaban J connectivity index is 0.000000270. The van der Waals surface area contributed by atoms with Crippen molar-refractivity contribution in [3.05, 3.63) is 144 Å². The summed E-state index contributed by atoms with van der Waals surface area (Å²) in [5.41, 5.74) is 6.12. The maximum Gasteiger partial charge on any atom is 0.235 e. The van der Waals surface area contributed by atoms with Crippen LogP contribution in [0.15, 0.2) is 121 Å². The molecule has 0 heterocycles. The summed E-state index contributed by atoms with van der Waals surface area (Å²) in [6, 6.07) is 41.6. The number of carbonyl (C=O) groups is 2. The molecule has 0 fully saturated rings. The first-order valence-electron chi connectivity index (χ1n) is 14.0. The molecule has 0 spiro atoms. The summed E-state index contributed by atoms with van der Waals surface area (Å²) in [5, 5.41) is 5.55. The lowest BCUT2D eigenvalue weighted by Gasteiger charge is -2.31. The highest BCUT2D eigenvalue weighted by Crippen LogP contribution is 2.51. The third kappa shape index (κ3) is 5.60. The van der Waals surface area contributed by atoms with Crippen molar-refractivity contribution in [2.45, 2.75) is 38.5 Å². The summed E-state index contributed by atoms with van der Waals surface area (Å²) < 4.78 is 0. The number of ketones is 1. The fourth-order valence-corrected chi connectivity index (χ4v) is 5.82. The predicted molar refractivity (Wildman–Crippen MR) is 167 cm³/mol. The maximum absolute atomic E-state index is 13.6. The molecule has 0 bridgehead atoms. The van der Waals surface area contributed by atoms with E-state index in [4.69, 9.17) is 0 Å². The van der Waals surface area contributed by atoms with Gasteiger partial charge < -0.3 is 5.32 Å². The predicted octanol–water partition coefficient (Wildman–Crippen LogP) is 8.08. The number of aryl methyl sites for hydroxylation is 2. The molecule has 5 aromatic carbocycles. The molecule has 0 aliphatic heterocycles. The van der Waals surface area contributed by atoms with Crippen molar-refractivity contribution in [3.63, 3.8) is 0 Å². The fraction of sp³-hybridized carbons (Fsp3) is 0.189. The van der Waals surface area contributed by atoms with E-state index in [0.29, 0.717) is 6.42 Å². The second-order valence-electron chi connectivity index (χ2n) is 10.6. The lowest BCUT2D eigenvalue weighted by Crippen LogP contribution is -2.45. The number of nitrogens with one attached hydrogen (secondary N) is 1. The molecular formula is C37H37NO2. The van der Waals surface area contributed by atoms with Crippen molar-refractivity contribution in [1.29, 1.82) is 0 Å². The Morgan fingerprint density at radius 2 is 1.27 bits per heavy atom. The average molecular weight is 528 g/mol. The van der Waals surface area contributed by atoms with Crippen molar-refractivity contribution >= 4 is 22.5 Å². The lowest BCUT2D eigenvalue weighted by atomic mass is 9.73. The Bertz CT molecular complexity index is 1600. The Morgan fingerprint density at radius 1 is 0.700 bits per heavy atom. The third-order valence-electron chi connectivity index (χ3n) is 7.71. The number of benzene rings is 5. The Kier molecular flexibility index (Phi) is 8.21. The molecule has 6 rings (SSSR count). The van der Waals surface area contributed by atoms with E-state index in [1.165, 1.54) is 28.8 Å². The van der Waals surface area contributed by atoms with Gasteiger partial charge in [-0.25, -0.2) is 0 Å². The van der Waals surface area contributed by atoms with Crippen LogP contribution in [0.2, 0.25) is 0 Å². The highest BCUT2D eigenvalue weighted by atomic mass is 16.2. The van der Waals surface area contributed by atoms with Crippen LogP contribution < -0.4 is 5.32 Å². The van der Waals surface area contributed by atoms with Crippen LogP contribution in [0, 0.1) is 6.92 Å². The number of hydrogen-bond donors (Lipinski definition) is 1. The van der Waals surface area contributed by atoms with Crippen LogP contribution in [0.25, 0.3) is 21.9 Å². The lowest BCUT2D eigenvalue weighted by molar-refractivity contribution is -0.127. The summed E-state index contributed by atoms with van der Waals surface area (Å²) in [6.45, 7) is 3.68. The molecule has 0 radical (unpaired) electrons. The van der Waals surface area contributed by atoms with E-state index in [9.17, 15) is 9.59 Å². The van der Waals surface area contributed by atoms with Gasteiger partial charge in [0.2, 0.25) is 5.91 Å². The first-order valence-corrected chi connectivity index (χ1v) is 14.0. The molecule has 3 nitrogen and oxygen atoms in total. The molecule has 202 valence electrons. The molecule has 0 saturated heterocycles. The molecule has 0 unspecified atom stereocenters. The summed E-state index contributed by atoms with van der Waals surface area (Å²) in [5.74, 6) is -0.129. The van der Waals surface area contributed by atoms with Gasteiger partial charge in [-0.15, -0.1) is 0 Å². The van der Waals surface area contributed by atoms with Crippen LogP contribution in [0.4, 0.5) is 0 Å². The first kappa shape index (κ1) is 27.1. The molecule has 0 saturated carbocycles. The van der Waals surface area contributed by atoms with Gasteiger partial charge in [0.05, 0.1) is 6.54 Å². The molecule has 0 atom stereocenters. The zero-order valence-corrected chi connectivity index (χ0v) is 23.2. The normalized spacial score (nSPS) is 12.6. The summed E-state index contributed by atoms with van der Waals surface area (Å²) in [7, 11) is 0. The number of fused-ring (bicyclic) bond motifs is 4. The quantitative estimate of drug-likeness (QED) is 0.233. The van der Waals surface area contributed by atoms with Crippen molar-refractivity contribution in [1.82, 2.24) is 5.32 Å². The molecule has 0 aromatic heterocycles. The van der Waals surface area contributed by atoms with E-state index in [1.807, 2.05) is 42.5 Å². The van der Waals surface area contributed by atoms with Crippen LogP contribution in [0.3, 0.4) is 0 Å². The van der Waals surface area contributed by atoms with Crippen molar-refractivity contribution in [3.8, 4) is 11.1 Å². The number of amides is 1. The van der Waals surface area contributed by atoms with Gasteiger partial charge in [0.1, 0.15) is 11.2 Å². The number of rotatable bonds is 7. The van der Waals surface area contributed by atoms with Gasteiger partial charge in [0.15, 0.2) is 0 Å². The number of Topliss-reactive ketones (excluding diaryl/α,β-unsaturated/α-hetero) is 1. The molecule has 1 aliphatic carbocycles. The molecule has 1 aliphatic rings. The fourth-order valence-electron chi connectivity index (χ4n) is 5.82. The summed E-state index contributed by atoms with van der Waals surface area (Å²) >= 11 is 0. The molecule has 40 heavy (non-hydrogen) atoms. The van der Waals surface area contributed by atoms with E-state index < -0.39 is 5.41 Å². The zero-order chi connectivity index (χ0) is 28.0. The average Bonchev–Trinajstić information content (AvgIpc) is 3.27. The minimum Gasteiger partial charge on any atom is -0.348 e. The van der Waals surface area contributed by atoms with Gasteiger partial charge in [-0.2, -0.15) is 0 Å².